The zero-order valence-electron chi connectivity index (χ0n) is 4.85. The summed E-state index contributed by atoms with van der Waals surface area (Å²) in [7, 11) is 0. The van der Waals surface area contributed by atoms with Crippen LogP contribution in [-0.2, 0) is 6.42 Å². The third-order valence-corrected chi connectivity index (χ3v) is 1.11. The molecule has 0 aliphatic heterocycles. The molecule has 1 aromatic rings. The Kier molecular flexibility index (Phi) is 1.70. The van der Waals surface area contributed by atoms with Gasteiger partial charge in [0.2, 0.25) is 0 Å². The van der Waals surface area contributed by atoms with E-state index in [1.807, 2.05) is 12.3 Å². The molecule has 2 nitrogen and oxygen atoms in total. The minimum Gasteiger partial charge on any atom is -0.365 e. The van der Waals surface area contributed by atoms with Crippen LogP contribution in [0.15, 0.2) is 18.3 Å². The lowest BCUT2D eigenvalue weighted by Crippen LogP contribution is -2.51. The molecule has 8 heavy (non-hydrogen) atoms. The second-order valence-electron chi connectivity index (χ2n) is 1.80. The van der Waals surface area contributed by atoms with Gasteiger partial charge in [0, 0.05) is 18.3 Å². The van der Waals surface area contributed by atoms with Crippen LogP contribution in [0.25, 0.3) is 0 Å². The zero-order chi connectivity index (χ0) is 5.82. The van der Waals surface area contributed by atoms with E-state index in [-0.39, 0.29) is 0 Å². The number of H-pyrrole nitrogens is 1. The van der Waals surface area contributed by atoms with Gasteiger partial charge in [-0.15, -0.1) is 0 Å². The maximum absolute atomic E-state index is 3.74. The third kappa shape index (κ3) is 1.10. The van der Waals surface area contributed by atoms with Crippen LogP contribution >= 0.6 is 0 Å². The van der Waals surface area contributed by atoms with Crippen molar-refractivity contribution in [3.8, 4) is 0 Å². The van der Waals surface area contributed by atoms with Crippen molar-refractivity contribution in [2.45, 2.75) is 6.42 Å². The van der Waals surface area contributed by atoms with Crippen LogP contribution in [0.4, 0.5) is 0 Å². The van der Waals surface area contributed by atoms with Crippen LogP contribution < -0.4 is 5.73 Å². The number of aromatic amines is 1. The van der Waals surface area contributed by atoms with Crippen LogP contribution in [0, 0.1) is 0 Å². The normalized spacial score (nSPS) is 9.62. The summed E-state index contributed by atoms with van der Waals surface area (Å²) in [6.45, 7) is 0.973. The van der Waals surface area contributed by atoms with E-state index in [2.05, 4.69) is 16.8 Å². The highest BCUT2D eigenvalue weighted by atomic mass is 14.7. The minimum atomic E-state index is 0.973. The fourth-order valence-electron chi connectivity index (χ4n) is 0.713. The van der Waals surface area contributed by atoms with Gasteiger partial charge in [0.05, 0.1) is 6.54 Å². The maximum atomic E-state index is 3.74. The smallest absolute Gasteiger partial charge is 0.0795 e. The predicted octanol–water partition coefficient (Wildman–Crippen LogP) is -0.201. The van der Waals surface area contributed by atoms with E-state index in [1.165, 1.54) is 5.69 Å². The summed E-state index contributed by atoms with van der Waals surface area (Å²) in [5.41, 5.74) is 5.02. The molecule has 0 spiro atoms. The Morgan fingerprint density at radius 3 is 3.00 bits per heavy atom. The standard InChI is InChI=1S/C6H10N2/c7-4-3-6-2-1-5-8-6/h1-2,5,8H,3-4,7H2/p+1. The first kappa shape index (κ1) is 5.38. The zero-order valence-corrected chi connectivity index (χ0v) is 4.85. The number of hydrogen-bond acceptors (Lipinski definition) is 0. The Hall–Kier alpha value is -0.760. The molecule has 44 valence electrons. The van der Waals surface area contributed by atoms with Crippen LogP contribution in [-0.4, -0.2) is 11.5 Å². The average molecular weight is 111 g/mol. The van der Waals surface area contributed by atoms with Crippen LogP contribution in [0.3, 0.4) is 0 Å². The summed E-state index contributed by atoms with van der Waals surface area (Å²) in [4.78, 5) is 3.10. The Morgan fingerprint density at radius 2 is 2.50 bits per heavy atom. The molecule has 0 aliphatic rings. The van der Waals surface area contributed by atoms with E-state index < -0.39 is 0 Å². The molecule has 0 aliphatic carbocycles. The molecule has 0 unspecified atom stereocenters. The van der Waals surface area contributed by atoms with Gasteiger partial charge in [0.15, 0.2) is 0 Å². The lowest BCUT2D eigenvalue weighted by atomic mass is 10.3. The summed E-state index contributed by atoms with van der Waals surface area (Å²) < 4.78 is 0. The molecular weight excluding hydrogens is 100 g/mol. The topological polar surface area (TPSA) is 43.4 Å². The summed E-state index contributed by atoms with van der Waals surface area (Å²) in [6, 6.07) is 4.08. The van der Waals surface area contributed by atoms with Crippen LogP contribution in [0.5, 0.6) is 0 Å². The number of aromatic nitrogens is 1. The summed E-state index contributed by atoms with van der Waals surface area (Å²) in [6.07, 6.45) is 3.00. The van der Waals surface area contributed by atoms with Crippen molar-refractivity contribution >= 4 is 0 Å². The van der Waals surface area contributed by atoms with Crippen molar-refractivity contribution in [2.75, 3.05) is 6.54 Å². The van der Waals surface area contributed by atoms with Gasteiger partial charge in [-0.05, 0) is 12.1 Å². The molecular formula is C6H11N2+. The summed E-state index contributed by atoms with van der Waals surface area (Å²) in [5.74, 6) is 0. The van der Waals surface area contributed by atoms with E-state index in [0.29, 0.717) is 0 Å². The molecule has 2 heteroatoms. The van der Waals surface area contributed by atoms with Gasteiger partial charge in [-0.3, -0.25) is 0 Å². The van der Waals surface area contributed by atoms with Gasteiger partial charge in [0.25, 0.3) is 0 Å². The van der Waals surface area contributed by atoms with Gasteiger partial charge in [0.1, 0.15) is 0 Å². The quantitative estimate of drug-likeness (QED) is 0.531. The first-order valence-electron chi connectivity index (χ1n) is 2.85. The number of quaternary nitrogens is 1. The Labute approximate surface area is 48.7 Å². The second-order valence-corrected chi connectivity index (χ2v) is 1.80. The molecule has 0 radical (unpaired) electrons. The van der Waals surface area contributed by atoms with Crippen LogP contribution in [0.1, 0.15) is 5.69 Å². The first-order chi connectivity index (χ1) is 3.93. The van der Waals surface area contributed by atoms with Crippen molar-refractivity contribution in [1.82, 2.24) is 4.98 Å². The highest BCUT2D eigenvalue weighted by Crippen LogP contribution is 1.91. The van der Waals surface area contributed by atoms with E-state index in [4.69, 9.17) is 0 Å². The van der Waals surface area contributed by atoms with E-state index in [9.17, 15) is 0 Å². The van der Waals surface area contributed by atoms with Gasteiger partial charge in [-0.25, -0.2) is 0 Å². The molecule has 0 saturated carbocycles. The SMILES string of the molecule is [NH3+]CCc1ccc[nH]1. The Bertz CT molecular complexity index is 132. The number of rotatable bonds is 2. The van der Waals surface area contributed by atoms with Gasteiger partial charge in [-0.2, -0.15) is 0 Å². The molecule has 4 N–H and O–H groups in total. The van der Waals surface area contributed by atoms with Gasteiger partial charge in [-0.1, -0.05) is 0 Å². The molecule has 0 fully saturated rings. The predicted molar refractivity (Wildman–Crippen MR) is 32.3 cm³/mol. The molecule has 0 atom stereocenters. The van der Waals surface area contributed by atoms with Gasteiger partial charge >= 0.3 is 0 Å². The number of hydrogen-bond donors (Lipinski definition) is 2. The van der Waals surface area contributed by atoms with Crippen molar-refractivity contribution in [3.63, 3.8) is 0 Å². The number of nitrogens with one attached hydrogen (secondary N) is 1. The summed E-state index contributed by atoms with van der Waals surface area (Å²) in [5, 5.41) is 0. The minimum absolute atomic E-state index is 0.973. The molecule has 0 aromatic carbocycles. The molecule has 1 rings (SSSR count). The molecule has 1 heterocycles. The molecule has 0 bridgehead atoms. The molecule has 1 aromatic heterocycles. The van der Waals surface area contributed by atoms with E-state index in [1.54, 1.807) is 0 Å². The van der Waals surface area contributed by atoms with Crippen molar-refractivity contribution in [2.24, 2.45) is 0 Å². The van der Waals surface area contributed by atoms with Crippen molar-refractivity contribution in [1.29, 1.82) is 0 Å². The first-order valence-corrected chi connectivity index (χ1v) is 2.85. The highest BCUT2D eigenvalue weighted by Gasteiger charge is 1.87. The van der Waals surface area contributed by atoms with Crippen molar-refractivity contribution < 1.29 is 5.73 Å². The molecule has 0 saturated heterocycles. The second kappa shape index (κ2) is 2.52. The fraction of sp³-hybridized carbons (Fsp3) is 0.333. The Morgan fingerprint density at radius 1 is 1.62 bits per heavy atom. The third-order valence-electron chi connectivity index (χ3n) is 1.11. The summed E-state index contributed by atoms with van der Waals surface area (Å²) >= 11 is 0. The molecule has 0 amide bonds. The lowest BCUT2D eigenvalue weighted by Gasteiger charge is -1.85. The monoisotopic (exact) mass is 111 g/mol. The Balaban J connectivity index is 2.50. The van der Waals surface area contributed by atoms with Crippen molar-refractivity contribution in [3.05, 3.63) is 24.0 Å². The lowest BCUT2D eigenvalue weighted by molar-refractivity contribution is -0.366. The van der Waals surface area contributed by atoms with Crippen LogP contribution in [0.2, 0.25) is 0 Å². The fourth-order valence-corrected chi connectivity index (χ4v) is 0.713. The van der Waals surface area contributed by atoms with E-state index in [0.717, 1.165) is 13.0 Å². The largest absolute Gasteiger partial charge is 0.365 e. The van der Waals surface area contributed by atoms with Gasteiger partial charge < -0.3 is 10.7 Å². The van der Waals surface area contributed by atoms with E-state index >= 15 is 0 Å². The maximum Gasteiger partial charge on any atom is 0.0795 e. The highest BCUT2D eigenvalue weighted by molar-refractivity contribution is 5.03. The average Bonchev–Trinajstić information content (AvgIpc) is 2.19.